The maximum absolute atomic E-state index is 12.0. The van der Waals surface area contributed by atoms with Gasteiger partial charge in [-0.15, -0.1) is 16.4 Å². The van der Waals surface area contributed by atoms with Gasteiger partial charge >= 0.3 is 5.97 Å². The van der Waals surface area contributed by atoms with Gasteiger partial charge in [0.25, 0.3) is 0 Å². The van der Waals surface area contributed by atoms with Crippen molar-refractivity contribution < 1.29 is 9.53 Å². The standard InChI is InChI=1S/C14H18BrN3O2S/c1-4-20-14(19)13-12(5-9(2)3)18(17-16-13)7-11-6-10(15)8-21-11/h6,8-9H,4-5,7H2,1-3H3. The van der Waals surface area contributed by atoms with Gasteiger partial charge in [0.15, 0.2) is 5.69 Å². The molecule has 0 unspecified atom stereocenters. The fourth-order valence-corrected chi connectivity index (χ4v) is 3.42. The van der Waals surface area contributed by atoms with Crippen LogP contribution in [0.5, 0.6) is 0 Å². The molecule has 21 heavy (non-hydrogen) atoms. The Bertz CT molecular complexity index is 622. The predicted molar refractivity (Wildman–Crippen MR) is 85.6 cm³/mol. The van der Waals surface area contributed by atoms with Crippen LogP contribution in [0.2, 0.25) is 0 Å². The zero-order chi connectivity index (χ0) is 15.4. The van der Waals surface area contributed by atoms with Crippen molar-refractivity contribution in [3.8, 4) is 0 Å². The van der Waals surface area contributed by atoms with E-state index in [4.69, 9.17) is 4.74 Å². The maximum atomic E-state index is 12.0. The Morgan fingerprint density at radius 3 is 2.86 bits per heavy atom. The number of rotatable bonds is 6. The molecule has 0 amide bonds. The van der Waals surface area contributed by atoms with Gasteiger partial charge in [-0.2, -0.15) is 0 Å². The van der Waals surface area contributed by atoms with Crippen LogP contribution in [0.4, 0.5) is 0 Å². The van der Waals surface area contributed by atoms with E-state index < -0.39 is 5.97 Å². The van der Waals surface area contributed by atoms with Gasteiger partial charge in [-0.3, -0.25) is 0 Å². The smallest absolute Gasteiger partial charge is 0.360 e. The molecule has 0 atom stereocenters. The molecule has 0 N–H and O–H groups in total. The molecule has 0 aliphatic heterocycles. The molecule has 2 aromatic heterocycles. The first kappa shape index (κ1) is 16.2. The number of carbonyl (C=O) groups excluding carboxylic acids is 1. The number of thiophene rings is 1. The third-order valence-electron chi connectivity index (χ3n) is 2.84. The lowest BCUT2D eigenvalue weighted by atomic mass is 10.1. The molecule has 0 radical (unpaired) electrons. The Morgan fingerprint density at radius 2 is 2.29 bits per heavy atom. The molecule has 0 aromatic carbocycles. The monoisotopic (exact) mass is 371 g/mol. The van der Waals surface area contributed by atoms with Crippen LogP contribution in [-0.2, 0) is 17.7 Å². The third-order valence-corrected chi connectivity index (χ3v) is 4.52. The average molecular weight is 372 g/mol. The van der Waals surface area contributed by atoms with Gasteiger partial charge in [0.2, 0.25) is 0 Å². The predicted octanol–water partition coefficient (Wildman–Crippen LogP) is 3.53. The van der Waals surface area contributed by atoms with Gasteiger partial charge in [0.1, 0.15) is 0 Å². The molecule has 2 heterocycles. The van der Waals surface area contributed by atoms with Crippen LogP contribution in [0.1, 0.15) is 41.8 Å². The minimum Gasteiger partial charge on any atom is -0.461 e. The zero-order valence-corrected chi connectivity index (χ0v) is 14.7. The quantitative estimate of drug-likeness (QED) is 0.728. The van der Waals surface area contributed by atoms with E-state index in [1.54, 1.807) is 22.9 Å². The SMILES string of the molecule is CCOC(=O)c1nnn(Cc2cc(Br)cs2)c1CC(C)C. The van der Waals surface area contributed by atoms with Gasteiger partial charge in [-0.05, 0) is 41.3 Å². The van der Waals surface area contributed by atoms with Crippen LogP contribution in [0, 0.1) is 5.92 Å². The third kappa shape index (κ3) is 4.14. The Labute approximate surface area is 136 Å². The molecule has 0 saturated heterocycles. The van der Waals surface area contributed by atoms with E-state index in [0.29, 0.717) is 24.8 Å². The summed E-state index contributed by atoms with van der Waals surface area (Å²) in [6.45, 7) is 6.95. The summed E-state index contributed by atoms with van der Waals surface area (Å²) in [4.78, 5) is 13.1. The molecule has 0 saturated carbocycles. The second-order valence-electron chi connectivity index (χ2n) is 5.09. The Balaban J connectivity index is 2.29. The highest BCUT2D eigenvalue weighted by molar-refractivity contribution is 9.10. The first-order chi connectivity index (χ1) is 10.0. The minimum absolute atomic E-state index is 0.334. The first-order valence-corrected chi connectivity index (χ1v) is 8.51. The Kier molecular flexibility index (Phi) is 5.52. The van der Waals surface area contributed by atoms with E-state index in [-0.39, 0.29) is 0 Å². The zero-order valence-electron chi connectivity index (χ0n) is 12.3. The number of esters is 1. The Morgan fingerprint density at radius 1 is 1.52 bits per heavy atom. The van der Waals surface area contributed by atoms with E-state index in [1.165, 1.54) is 0 Å². The van der Waals surface area contributed by atoms with Crippen LogP contribution in [0.3, 0.4) is 0 Å². The van der Waals surface area contributed by atoms with E-state index in [9.17, 15) is 4.79 Å². The molecule has 0 aliphatic carbocycles. The van der Waals surface area contributed by atoms with Crippen LogP contribution >= 0.6 is 27.3 Å². The summed E-state index contributed by atoms with van der Waals surface area (Å²) < 4.78 is 7.91. The highest BCUT2D eigenvalue weighted by Gasteiger charge is 2.21. The van der Waals surface area contributed by atoms with E-state index in [1.807, 2.05) is 5.38 Å². The number of hydrogen-bond acceptors (Lipinski definition) is 5. The summed E-state index contributed by atoms with van der Waals surface area (Å²) >= 11 is 5.09. The van der Waals surface area contributed by atoms with Crippen molar-refractivity contribution in [3.63, 3.8) is 0 Å². The van der Waals surface area contributed by atoms with Gasteiger partial charge in [0.05, 0.1) is 18.8 Å². The van der Waals surface area contributed by atoms with E-state index in [0.717, 1.165) is 21.5 Å². The number of nitrogens with zero attached hydrogens (tertiary/aromatic N) is 3. The fraction of sp³-hybridized carbons (Fsp3) is 0.500. The topological polar surface area (TPSA) is 57.0 Å². The average Bonchev–Trinajstić information content (AvgIpc) is 2.97. The van der Waals surface area contributed by atoms with Crippen molar-refractivity contribution in [2.45, 2.75) is 33.7 Å². The second kappa shape index (κ2) is 7.17. The molecule has 114 valence electrons. The van der Waals surface area contributed by atoms with Crippen molar-refractivity contribution in [1.82, 2.24) is 15.0 Å². The molecule has 5 nitrogen and oxygen atoms in total. The van der Waals surface area contributed by atoms with Gasteiger partial charge in [-0.1, -0.05) is 19.1 Å². The second-order valence-corrected chi connectivity index (χ2v) is 7.00. The number of hydrogen-bond donors (Lipinski definition) is 0. The summed E-state index contributed by atoms with van der Waals surface area (Å²) in [7, 11) is 0. The fourth-order valence-electron chi connectivity index (χ4n) is 1.99. The maximum Gasteiger partial charge on any atom is 0.360 e. The minimum atomic E-state index is -0.397. The molecule has 2 rings (SSSR count). The van der Waals surface area contributed by atoms with Crippen molar-refractivity contribution in [1.29, 1.82) is 0 Å². The highest BCUT2D eigenvalue weighted by Crippen LogP contribution is 2.22. The van der Waals surface area contributed by atoms with E-state index >= 15 is 0 Å². The first-order valence-electron chi connectivity index (χ1n) is 6.83. The lowest BCUT2D eigenvalue weighted by Gasteiger charge is -2.09. The number of carbonyl (C=O) groups is 1. The van der Waals surface area contributed by atoms with Crippen molar-refractivity contribution >= 4 is 33.2 Å². The molecule has 7 heteroatoms. The number of halogens is 1. The summed E-state index contributed by atoms with van der Waals surface area (Å²) in [5.74, 6) is 0.0114. The van der Waals surface area contributed by atoms with Gasteiger partial charge < -0.3 is 4.74 Å². The van der Waals surface area contributed by atoms with Crippen LogP contribution in [-0.4, -0.2) is 27.6 Å². The molecule has 0 bridgehead atoms. The molecular weight excluding hydrogens is 354 g/mol. The van der Waals surface area contributed by atoms with Gasteiger partial charge in [-0.25, -0.2) is 9.48 Å². The lowest BCUT2D eigenvalue weighted by molar-refractivity contribution is 0.0518. The number of aromatic nitrogens is 3. The van der Waals surface area contributed by atoms with Crippen molar-refractivity contribution in [3.05, 3.63) is 32.2 Å². The van der Waals surface area contributed by atoms with Gasteiger partial charge in [0, 0.05) is 14.7 Å². The normalized spacial score (nSPS) is 11.1. The van der Waals surface area contributed by atoms with Crippen molar-refractivity contribution in [2.75, 3.05) is 6.61 Å². The summed E-state index contributed by atoms with van der Waals surface area (Å²) in [6.07, 6.45) is 0.744. The van der Waals surface area contributed by atoms with E-state index in [2.05, 4.69) is 46.2 Å². The highest BCUT2D eigenvalue weighted by atomic mass is 79.9. The summed E-state index contributed by atoms with van der Waals surface area (Å²) in [6, 6.07) is 2.05. The summed E-state index contributed by atoms with van der Waals surface area (Å²) in [5.41, 5.74) is 1.18. The molecular formula is C14H18BrN3O2S. The van der Waals surface area contributed by atoms with Crippen LogP contribution in [0.15, 0.2) is 15.9 Å². The van der Waals surface area contributed by atoms with Crippen molar-refractivity contribution in [2.24, 2.45) is 5.92 Å². The molecule has 0 fully saturated rings. The Hall–Kier alpha value is -1.21. The van der Waals surface area contributed by atoms with Crippen LogP contribution in [0.25, 0.3) is 0 Å². The summed E-state index contributed by atoms with van der Waals surface area (Å²) in [5, 5.41) is 10.2. The lowest BCUT2D eigenvalue weighted by Crippen LogP contribution is -2.13. The molecule has 2 aromatic rings. The molecule has 0 aliphatic rings. The largest absolute Gasteiger partial charge is 0.461 e. The number of ether oxygens (including phenoxy) is 1. The molecule has 0 spiro atoms. The van der Waals surface area contributed by atoms with Crippen LogP contribution < -0.4 is 0 Å².